The van der Waals surface area contributed by atoms with Crippen molar-refractivity contribution in [2.45, 2.75) is 51.7 Å². The van der Waals surface area contributed by atoms with Crippen LogP contribution in [-0.2, 0) is 4.79 Å². The first-order valence-corrected chi connectivity index (χ1v) is 8.76. The standard InChI is InChI=1S/C19H23FN4O2/c1-11(2)24-16(8-9-21-24)18-15(6-7-17(25)23-18)22-19(26)13-5-4-12(3)14(20)10-13/h4-5,8-11,15,18H,6-7H2,1-3H3,(H,22,26)(H,23,25)/t15-,18-/m1/s1. The molecule has 6 nitrogen and oxygen atoms in total. The molecule has 2 heterocycles. The zero-order valence-electron chi connectivity index (χ0n) is 15.1. The molecule has 1 aromatic carbocycles. The smallest absolute Gasteiger partial charge is 0.251 e. The molecule has 2 aromatic rings. The molecule has 0 bridgehead atoms. The second kappa shape index (κ2) is 7.27. The maximum atomic E-state index is 13.8. The molecule has 0 unspecified atom stereocenters. The van der Waals surface area contributed by atoms with Crippen molar-refractivity contribution in [1.29, 1.82) is 0 Å². The largest absolute Gasteiger partial charge is 0.347 e. The zero-order chi connectivity index (χ0) is 18.8. The molecule has 26 heavy (non-hydrogen) atoms. The number of nitrogens with one attached hydrogen (secondary N) is 2. The number of aryl methyl sites for hydroxylation is 1. The molecular weight excluding hydrogens is 335 g/mol. The van der Waals surface area contributed by atoms with Crippen LogP contribution in [0.25, 0.3) is 0 Å². The number of piperidine rings is 1. The summed E-state index contributed by atoms with van der Waals surface area (Å²) in [5.41, 5.74) is 1.60. The third-order valence-corrected chi connectivity index (χ3v) is 4.66. The fourth-order valence-corrected chi connectivity index (χ4v) is 3.22. The summed E-state index contributed by atoms with van der Waals surface area (Å²) in [6.45, 7) is 5.66. The first-order chi connectivity index (χ1) is 12.4. The van der Waals surface area contributed by atoms with Crippen molar-refractivity contribution in [3.63, 3.8) is 0 Å². The van der Waals surface area contributed by atoms with Crippen LogP contribution < -0.4 is 10.6 Å². The Labute approximate surface area is 151 Å². The van der Waals surface area contributed by atoms with Crippen molar-refractivity contribution in [2.75, 3.05) is 0 Å². The van der Waals surface area contributed by atoms with Crippen LogP contribution in [0.5, 0.6) is 0 Å². The van der Waals surface area contributed by atoms with Crippen molar-refractivity contribution in [1.82, 2.24) is 20.4 Å². The molecule has 2 N–H and O–H groups in total. The minimum atomic E-state index is -0.413. The zero-order valence-corrected chi connectivity index (χ0v) is 15.1. The maximum absolute atomic E-state index is 13.8. The van der Waals surface area contributed by atoms with Gasteiger partial charge in [-0.15, -0.1) is 0 Å². The normalized spacial score (nSPS) is 20.1. The SMILES string of the molecule is Cc1ccc(C(=O)N[C@@H]2CCC(=O)N[C@H]2c2ccnn2C(C)C)cc1F. The Morgan fingerprint density at radius 3 is 2.85 bits per heavy atom. The highest BCUT2D eigenvalue weighted by atomic mass is 19.1. The number of benzene rings is 1. The highest BCUT2D eigenvalue weighted by Crippen LogP contribution is 2.26. The fraction of sp³-hybridized carbons (Fsp3) is 0.421. The lowest BCUT2D eigenvalue weighted by molar-refractivity contribution is -0.124. The van der Waals surface area contributed by atoms with E-state index in [0.29, 0.717) is 18.4 Å². The quantitative estimate of drug-likeness (QED) is 0.882. The molecule has 1 aliphatic heterocycles. The molecule has 0 spiro atoms. The number of carbonyl (C=O) groups is 2. The van der Waals surface area contributed by atoms with E-state index < -0.39 is 5.82 Å². The third-order valence-electron chi connectivity index (χ3n) is 4.66. The second-order valence-corrected chi connectivity index (χ2v) is 6.92. The van der Waals surface area contributed by atoms with Gasteiger partial charge in [0.1, 0.15) is 5.82 Å². The fourth-order valence-electron chi connectivity index (χ4n) is 3.22. The molecule has 2 amide bonds. The molecule has 0 radical (unpaired) electrons. The van der Waals surface area contributed by atoms with Crippen molar-refractivity contribution in [3.05, 3.63) is 53.1 Å². The van der Waals surface area contributed by atoms with Gasteiger partial charge in [0.25, 0.3) is 5.91 Å². The first kappa shape index (κ1) is 18.1. The van der Waals surface area contributed by atoms with E-state index in [4.69, 9.17) is 0 Å². The number of rotatable bonds is 4. The highest BCUT2D eigenvalue weighted by Gasteiger charge is 2.33. The van der Waals surface area contributed by atoms with Gasteiger partial charge in [0, 0.05) is 24.2 Å². The number of hydrogen-bond acceptors (Lipinski definition) is 3. The maximum Gasteiger partial charge on any atom is 0.251 e. The lowest BCUT2D eigenvalue weighted by atomic mass is 9.94. The Bertz CT molecular complexity index is 831. The number of amides is 2. The van der Waals surface area contributed by atoms with Gasteiger partial charge < -0.3 is 10.6 Å². The van der Waals surface area contributed by atoms with Crippen molar-refractivity contribution < 1.29 is 14.0 Å². The average molecular weight is 358 g/mol. The van der Waals surface area contributed by atoms with Gasteiger partial charge in [-0.3, -0.25) is 14.3 Å². The van der Waals surface area contributed by atoms with Crippen molar-refractivity contribution in [2.24, 2.45) is 0 Å². The van der Waals surface area contributed by atoms with Crippen LogP contribution in [0.3, 0.4) is 0 Å². The van der Waals surface area contributed by atoms with Crippen LogP contribution >= 0.6 is 0 Å². The molecular formula is C19H23FN4O2. The van der Waals surface area contributed by atoms with Crippen molar-refractivity contribution in [3.8, 4) is 0 Å². The Morgan fingerprint density at radius 2 is 2.15 bits per heavy atom. The molecule has 1 fully saturated rings. The molecule has 3 rings (SSSR count). The van der Waals surface area contributed by atoms with Crippen LogP contribution in [0.4, 0.5) is 4.39 Å². The number of nitrogens with zero attached hydrogens (tertiary/aromatic N) is 2. The summed E-state index contributed by atoms with van der Waals surface area (Å²) in [6.07, 6.45) is 2.53. The number of carbonyl (C=O) groups excluding carboxylic acids is 2. The molecule has 1 aromatic heterocycles. The van der Waals surface area contributed by atoms with E-state index in [1.54, 1.807) is 25.3 Å². The molecule has 0 saturated carbocycles. The van der Waals surface area contributed by atoms with Gasteiger partial charge in [0.05, 0.1) is 17.8 Å². The number of halogens is 1. The second-order valence-electron chi connectivity index (χ2n) is 6.92. The number of hydrogen-bond donors (Lipinski definition) is 2. The summed E-state index contributed by atoms with van der Waals surface area (Å²) in [6, 6.07) is 5.72. The topological polar surface area (TPSA) is 76.0 Å². The summed E-state index contributed by atoms with van der Waals surface area (Å²) < 4.78 is 15.6. The van der Waals surface area contributed by atoms with E-state index in [9.17, 15) is 14.0 Å². The monoisotopic (exact) mass is 358 g/mol. The minimum Gasteiger partial charge on any atom is -0.347 e. The Balaban J connectivity index is 1.84. The first-order valence-electron chi connectivity index (χ1n) is 8.76. The van der Waals surface area contributed by atoms with E-state index in [0.717, 1.165) is 5.69 Å². The lowest BCUT2D eigenvalue weighted by Gasteiger charge is -2.33. The van der Waals surface area contributed by atoms with Gasteiger partial charge in [0.2, 0.25) is 5.91 Å². The van der Waals surface area contributed by atoms with E-state index in [1.165, 1.54) is 6.07 Å². The van der Waals surface area contributed by atoms with Crippen LogP contribution in [0, 0.1) is 12.7 Å². The Hall–Kier alpha value is -2.70. The van der Waals surface area contributed by atoms with E-state index in [2.05, 4.69) is 15.7 Å². The predicted octanol–water partition coefficient (Wildman–Crippen LogP) is 2.66. The summed E-state index contributed by atoms with van der Waals surface area (Å²) in [5, 5.41) is 10.2. The van der Waals surface area contributed by atoms with Crippen LogP contribution in [0.1, 0.15) is 60.4 Å². The van der Waals surface area contributed by atoms with Gasteiger partial charge in [-0.2, -0.15) is 5.10 Å². The Kier molecular flexibility index (Phi) is 5.06. The van der Waals surface area contributed by atoms with Gasteiger partial charge in [-0.1, -0.05) is 6.07 Å². The predicted molar refractivity (Wildman–Crippen MR) is 95.1 cm³/mol. The molecule has 0 aliphatic carbocycles. The summed E-state index contributed by atoms with van der Waals surface area (Å²) >= 11 is 0. The van der Waals surface area contributed by atoms with E-state index in [-0.39, 0.29) is 35.5 Å². The van der Waals surface area contributed by atoms with E-state index >= 15 is 0 Å². The van der Waals surface area contributed by atoms with Gasteiger partial charge in [-0.25, -0.2) is 4.39 Å². The lowest BCUT2D eigenvalue weighted by Crippen LogP contribution is -2.50. The molecule has 1 aliphatic rings. The summed E-state index contributed by atoms with van der Waals surface area (Å²) in [4.78, 5) is 24.5. The summed E-state index contributed by atoms with van der Waals surface area (Å²) in [7, 11) is 0. The van der Waals surface area contributed by atoms with Crippen LogP contribution in [-0.4, -0.2) is 27.6 Å². The van der Waals surface area contributed by atoms with Crippen molar-refractivity contribution >= 4 is 11.8 Å². The third kappa shape index (κ3) is 3.61. The molecule has 2 atom stereocenters. The minimum absolute atomic E-state index is 0.0571. The van der Waals surface area contributed by atoms with Crippen LogP contribution in [0.15, 0.2) is 30.5 Å². The highest BCUT2D eigenvalue weighted by molar-refractivity contribution is 5.94. The van der Waals surface area contributed by atoms with Gasteiger partial charge in [-0.05, 0) is 51.0 Å². The van der Waals surface area contributed by atoms with Gasteiger partial charge >= 0.3 is 0 Å². The van der Waals surface area contributed by atoms with E-state index in [1.807, 2.05) is 24.6 Å². The summed E-state index contributed by atoms with van der Waals surface area (Å²) in [5.74, 6) is -0.826. The molecule has 7 heteroatoms. The Morgan fingerprint density at radius 1 is 1.38 bits per heavy atom. The molecule has 1 saturated heterocycles. The molecule has 138 valence electrons. The van der Waals surface area contributed by atoms with Crippen LogP contribution in [0.2, 0.25) is 0 Å². The number of aromatic nitrogens is 2. The average Bonchev–Trinajstić information content (AvgIpc) is 3.08. The van der Waals surface area contributed by atoms with Gasteiger partial charge in [0.15, 0.2) is 0 Å².